The van der Waals surface area contributed by atoms with Crippen molar-refractivity contribution in [2.75, 3.05) is 6.54 Å². The van der Waals surface area contributed by atoms with Crippen LogP contribution in [0.1, 0.15) is 24.5 Å². The van der Waals surface area contributed by atoms with E-state index in [4.69, 9.17) is 4.84 Å². The summed E-state index contributed by atoms with van der Waals surface area (Å²) < 4.78 is 13.4. The number of rotatable bonds is 7. The second-order valence-electron chi connectivity index (χ2n) is 6.49. The average molecular weight is 383 g/mol. The van der Waals surface area contributed by atoms with E-state index in [1.54, 1.807) is 12.1 Å². The number of carbonyl (C=O) groups excluding carboxylic acids is 2. The van der Waals surface area contributed by atoms with Crippen molar-refractivity contribution in [1.82, 2.24) is 10.6 Å². The molecule has 0 fully saturated rings. The van der Waals surface area contributed by atoms with Gasteiger partial charge in [-0.2, -0.15) is 0 Å². The highest BCUT2D eigenvalue weighted by Gasteiger charge is 2.32. The molecule has 3 rings (SSSR count). The maximum atomic E-state index is 13.4. The molecule has 0 radical (unpaired) electrons. The van der Waals surface area contributed by atoms with Gasteiger partial charge in [0.05, 0.1) is 5.71 Å². The molecule has 28 heavy (non-hydrogen) atoms. The molecule has 1 heterocycles. The molecule has 2 atom stereocenters. The highest BCUT2D eigenvalue weighted by atomic mass is 19.1. The van der Waals surface area contributed by atoms with Crippen LogP contribution in [-0.2, 0) is 20.8 Å². The number of hydrogen-bond donors (Lipinski definition) is 2. The van der Waals surface area contributed by atoms with E-state index in [1.807, 2.05) is 37.3 Å². The highest BCUT2D eigenvalue weighted by Crippen LogP contribution is 2.18. The third-order valence-corrected chi connectivity index (χ3v) is 4.39. The molecule has 0 spiro atoms. The number of hydrogen-bond acceptors (Lipinski definition) is 4. The van der Waals surface area contributed by atoms with Crippen LogP contribution in [0.3, 0.4) is 0 Å². The maximum absolute atomic E-state index is 13.4. The largest absolute Gasteiger partial charge is 0.382 e. The lowest BCUT2D eigenvalue weighted by Crippen LogP contribution is -2.50. The normalized spacial score (nSPS) is 16.6. The molecule has 2 aromatic carbocycles. The van der Waals surface area contributed by atoms with Crippen LogP contribution in [0.2, 0.25) is 0 Å². The predicted molar refractivity (Wildman–Crippen MR) is 103 cm³/mol. The van der Waals surface area contributed by atoms with Gasteiger partial charge in [0.15, 0.2) is 0 Å². The summed E-state index contributed by atoms with van der Waals surface area (Å²) in [5, 5.41) is 9.40. The molecule has 0 aliphatic carbocycles. The summed E-state index contributed by atoms with van der Waals surface area (Å²) in [5.74, 6) is -1.07. The smallest absolute Gasteiger partial charge is 0.265 e. The number of oxime groups is 1. The summed E-state index contributed by atoms with van der Waals surface area (Å²) in [6, 6.07) is 14.7. The van der Waals surface area contributed by atoms with Gasteiger partial charge in [-0.15, -0.1) is 0 Å². The van der Waals surface area contributed by atoms with Crippen LogP contribution in [0.25, 0.3) is 0 Å². The van der Waals surface area contributed by atoms with Crippen molar-refractivity contribution >= 4 is 17.5 Å². The Morgan fingerprint density at radius 2 is 2.00 bits per heavy atom. The number of halogens is 1. The Labute approximate surface area is 162 Å². The van der Waals surface area contributed by atoms with Gasteiger partial charge >= 0.3 is 0 Å². The van der Waals surface area contributed by atoms with Gasteiger partial charge in [-0.1, -0.05) is 47.6 Å². The molecule has 0 unspecified atom stereocenters. The number of carbonyl (C=O) groups is 2. The zero-order chi connectivity index (χ0) is 19.9. The molecule has 1 aliphatic heterocycles. The van der Waals surface area contributed by atoms with Gasteiger partial charge in [-0.25, -0.2) is 4.39 Å². The van der Waals surface area contributed by atoms with E-state index in [1.165, 1.54) is 12.1 Å². The summed E-state index contributed by atoms with van der Waals surface area (Å²) in [5.41, 5.74) is 2.00. The molecule has 6 nitrogen and oxygen atoms in total. The van der Waals surface area contributed by atoms with Gasteiger partial charge in [0.2, 0.25) is 12.0 Å². The van der Waals surface area contributed by atoms with Crippen molar-refractivity contribution in [2.45, 2.75) is 31.9 Å². The van der Waals surface area contributed by atoms with Crippen LogP contribution in [0, 0.1) is 5.82 Å². The molecule has 0 saturated carbocycles. The fraction of sp³-hybridized carbons (Fsp3) is 0.286. The Morgan fingerprint density at radius 3 is 2.71 bits per heavy atom. The Bertz CT molecular complexity index is 870. The fourth-order valence-corrected chi connectivity index (χ4v) is 2.98. The molecule has 2 aromatic rings. The molecule has 0 aromatic heterocycles. The van der Waals surface area contributed by atoms with Crippen LogP contribution >= 0.6 is 0 Å². The Morgan fingerprint density at radius 1 is 1.21 bits per heavy atom. The third-order valence-electron chi connectivity index (χ3n) is 4.39. The minimum absolute atomic E-state index is 0.211. The van der Waals surface area contributed by atoms with Crippen molar-refractivity contribution < 1.29 is 18.8 Å². The van der Waals surface area contributed by atoms with E-state index in [-0.39, 0.29) is 18.1 Å². The van der Waals surface area contributed by atoms with E-state index < -0.39 is 18.1 Å². The third kappa shape index (κ3) is 4.94. The predicted octanol–water partition coefficient (Wildman–Crippen LogP) is 2.18. The quantitative estimate of drug-likeness (QED) is 0.769. The molecule has 7 heteroatoms. The van der Waals surface area contributed by atoms with Gasteiger partial charge < -0.3 is 15.5 Å². The zero-order valence-corrected chi connectivity index (χ0v) is 15.5. The number of nitrogens with zero attached hydrogens (tertiary/aromatic N) is 1. The van der Waals surface area contributed by atoms with Crippen molar-refractivity contribution in [3.63, 3.8) is 0 Å². The number of benzene rings is 2. The minimum Gasteiger partial charge on any atom is -0.382 e. The van der Waals surface area contributed by atoms with Crippen LogP contribution in [0.5, 0.6) is 0 Å². The topological polar surface area (TPSA) is 79.8 Å². The van der Waals surface area contributed by atoms with Crippen molar-refractivity contribution in [2.24, 2.45) is 5.16 Å². The summed E-state index contributed by atoms with van der Waals surface area (Å²) in [6.45, 7) is 2.28. The zero-order valence-electron chi connectivity index (χ0n) is 15.5. The Hall–Kier alpha value is -3.22. The molecule has 2 N–H and O–H groups in total. The van der Waals surface area contributed by atoms with Crippen LogP contribution in [0.15, 0.2) is 59.8 Å². The first-order chi connectivity index (χ1) is 13.6. The lowest BCUT2D eigenvalue weighted by atomic mass is 10.0. The van der Waals surface area contributed by atoms with E-state index in [0.29, 0.717) is 24.2 Å². The second-order valence-corrected chi connectivity index (χ2v) is 6.49. The molecule has 1 aliphatic rings. The first kappa shape index (κ1) is 19.5. The highest BCUT2D eigenvalue weighted by molar-refractivity contribution is 6.04. The molecule has 0 bridgehead atoms. The maximum Gasteiger partial charge on any atom is 0.265 e. The van der Waals surface area contributed by atoms with Gasteiger partial charge in [-0.3, -0.25) is 9.59 Å². The first-order valence-electron chi connectivity index (χ1n) is 9.17. The standard InChI is InChI=1S/C21H22FN3O3/c1-2-23-20(26)18(11-14-7-4-3-5-8-14)24-21(27)19-13-17(25-28-19)15-9-6-10-16(22)12-15/h3-10,12,18-19H,2,11,13H2,1H3,(H,23,26)(H,24,27)/t18-,19+/m0/s1. The van der Waals surface area contributed by atoms with Gasteiger partial charge in [-0.05, 0) is 24.6 Å². The Kier molecular flexibility index (Phi) is 6.37. The lowest BCUT2D eigenvalue weighted by Gasteiger charge is -2.19. The van der Waals surface area contributed by atoms with Crippen LogP contribution < -0.4 is 10.6 Å². The summed E-state index contributed by atoms with van der Waals surface area (Å²) in [7, 11) is 0. The second kappa shape index (κ2) is 9.12. The van der Waals surface area contributed by atoms with E-state index in [0.717, 1.165) is 5.56 Å². The monoisotopic (exact) mass is 383 g/mol. The molecule has 0 saturated heterocycles. The van der Waals surface area contributed by atoms with E-state index in [2.05, 4.69) is 15.8 Å². The van der Waals surface area contributed by atoms with Gasteiger partial charge in [0.1, 0.15) is 11.9 Å². The number of nitrogens with one attached hydrogen (secondary N) is 2. The molecular weight excluding hydrogens is 361 g/mol. The van der Waals surface area contributed by atoms with Crippen molar-refractivity contribution in [3.8, 4) is 0 Å². The van der Waals surface area contributed by atoms with Crippen LogP contribution in [0.4, 0.5) is 4.39 Å². The SMILES string of the molecule is CCNC(=O)[C@H](Cc1ccccc1)NC(=O)[C@H]1CC(c2cccc(F)c2)=NO1. The van der Waals surface area contributed by atoms with Gasteiger partial charge in [0, 0.05) is 24.9 Å². The lowest BCUT2D eigenvalue weighted by molar-refractivity contribution is -0.135. The summed E-state index contributed by atoms with van der Waals surface area (Å²) in [4.78, 5) is 30.3. The first-order valence-corrected chi connectivity index (χ1v) is 9.17. The fourth-order valence-electron chi connectivity index (χ4n) is 2.98. The van der Waals surface area contributed by atoms with E-state index >= 15 is 0 Å². The molecule has 146 valence electrons. The molecular formula is C21H22FN3O3. The van der Waals surface area contributed by atoms with Crippen molar-refractivity contribution in [3.05, 3.63) is 71.5 Å². The number of amides is 2. The molecule has 2 amide bonds. The van der Waals surface area contributed by atoms with E-state index in [9.17, 15) is 14.0 Å². The minimum atomic E-state index is -0.856. The number of likely N-dealkylation sites (N-methyl/N-ethyl adjacent to an activating group) is 1. The average Bonchev–Trinajstić information content (AvgIpc) is 3.19. The summed E-state index contributed by atoms with van der Waals surface area (Å²) in [6.07, 6.45) is -0.281. The summed E-state index contributed by atoms with van der Waals surface area (Å²) >= 11 is 0. The van der Waals surface area contributed by atoms with Crippen molar-refractivity contribution in [1.29, 1.82) is 0 Å². The van der Waals surface area contributed by atoms with Gasteiger partial charge in [0.25, 0.3) is 5.91 Å². The Balaban J connectivity index is 1.64. The van der Waals surface area contributed by atoms with Crippen LogP contribution in [-0.4, -0.2) is 36.2 Å².